The quantitative estimate of drug-likeness (QED) is 0.200. The van der Waals surface area contributed by atoms with E-state index >= 15 is 0 Å². The summed E-state index contributed by atoms with van der Waals surface area (Å²) in [6.45, 7) is 8.47. The molecule has 1 fully saturated rings. The van der Waals surface area contributed by atoms with Gasteiger partial charge in [0.25, 0.3) is 11.7 Å². The molecule has 1 aromatic carbocycles. The largest absolute Gasteiger partial charge is 0.505 e. The number of ether oxygens (including phenoxy) is 2. The Balaban J connectivity index is 1.71. The fourth-order valence-electron chi connectivity index (χ4n) is 4.99. The number of aryl methyl sites for hydroxylation is 2. The fraction of sp³-hybridized carbons (Fsp3) is 0.267. The van der Waals surface area contributed by atoms with Crippen LogP contribution in [0.15, 0.2) is 66.6 Å². The molecule has 1 unspecified atom stereocenters. The van der Waals surface area contributed by atoms with Crippen LogP contribution in [-0.2, 0) is 16.1 Å². The standard InChI is InChI=1S/C30H30N4O5/c1-5-38-22-12-11-21(15-23(22)39-6-2)26-24(28(36)30(37)34(26)17-20-10-7-13-31-16-20)27(35)25-19(4)33-14-8-9-18(3)29(33)32-25/h7-16,26,35H,5-6,17H2,1-4H3/b27-24+. The zero-order valence-corrected chi connectivity index (χ0v) is 22.3. The van der Waals surface area contributed by atoms with Crippen molar-refractivity contribution in [1.82, 2.24) is 19.3 Å². The third-order valence-electron chi connectivity index (χ3n) is 6.81. The second kappa shape index (κ2) is 10.6. The van der Waals surface area contributed by atoms with Crippen molar-refractivity contribution >= 4 is 23.1 Å². The van der Waals surface area contributed by atoms with Crippen LogP contribution in [0.3, 0.4) is 0 Å². The maximum absolute atomic E-state index is 13.6. The molecule has 1 atom stereocenters. The Bertz CT molecular complexity index is 1590. The van der Waals surface area contributed by atoms with Crippen LogP contribution in [0.2, 0.25) is 0 Å². The second-order valence-electron chi connectivity index (χ2n) is 9.29. The highest BCUT2D eigenvalue weighted by atomic mass is 16.5. The van der Waals surface area contributed by atoms with E-state index < -0.39 is 17.7 Å². The average molecular weight is 527 g/mol. The number of nitrogens with zero attached hydrogens (tertiary/aromatic N) is 4. The Hall–Kier alpha value is -4.66. The lowest BCUT2D eigenvalue weighted by atomic mass is 9.95. The molecule has 1 aliphatic rings. The molecule has 9 nitrogen and oxygen atoms in total. The minimum Gasteiger partial charge on any atom is -0.505 e. The van der Waals surface area contributed by atoms with Crippen LogP contribution in [0.4, 0.5) is 0 Å². The minimum absolute atomic E-state index is 0.0281. The Morgan fingerprint density at radius 1 is 1.03 bits per heavy atom. The zero-order valence-electron chi connectivity index (χ0n) is 22.3. The van der Waals surface area contributed by atoms with Gasteiger partial charge in [-0.1, -0.05) is 18.2 Å². The van der Waals surface area contributed by atoms with Gasteiger partial charge in [-0.15, -0.1) is 0 Å². The summed E-state index contributed by atoms with van der Waals surface area (Å²) in [6.07, 6.45) is 5.14. The van der Waals surface area contributed by atoms with Crippen LogP contribution < -0.4 is 9.47 Å². The van der Waals surface area contributed by atoms with Crippen molar-refractivity contribution < 1.29 is 24.2 Å². The van der Waals surface area contributed by atoms with Gasteiger partial charge in [0.1, 0.15) is 11.3 Å². The number of likely N-dealkylation sites (tertiary alicyclic amines) is 1. The van der Waals surface area contributed by atoms with Crippen molar-refractivity contribution in [1.29, 1.82) is 0 Å². The highest BCUT2D eigenvalue weighted by Gasteiger charge is 2.47. The number of carbonyl (C=O) groups excluding carboxylic acids is 2. The van der Waals surface area contributed by atoms with Gasteiger partial charge in [-0.2, -0.15) is 0 Å². The van der Waals surface area contributed by atoms with E-state index in [1.54, 1.807) is 36.7 Å². The molecule has 0 saturated carbocycles. The molecule has 9 heteroatoms. The Morgan fingerprint density at radius 3 is 2.49 bits per heavy atom. The van der Waals surface area contributed by atoms with E-state index in [1.807, 2.05) is 56.5 Å². The van der Waals surface area contributed by atoms with E-state index in [4.69, 9.17) is 9.47 Å². The van der Waals surface area contributed by atoms with Crippen molar-refractivity contribution in [3.05, 3.63) is 94.7 Å². The monoisotopic (exact) mass is 526 g/mol. The van der Waals surface area contributed by atoms with Gasteiger partial charge >= 0.3 is 0 Å². The Morgan fingerprint density at radius 2 is 1.79 bits per heavy atom. The lowest BCUT2D eigenvalue weighted by Gasteiger charge is -2.26. The van der Waals surface area contributed by atoms with E-state index in [1.165, 1.54) is 4.90 Å². The maximum atomic E-state index is 13.6. The topological polar surface area (TPSA) is 106 Å². The van der Waals surface area contributed by atoms with Crippen molar-refractivity contribution in [3.8, 4) is 11.5 Å². The average Bonchev–Trinajstić information content (AvgIpc) is 3.40. The molecular formula is C30H30N4O5. The number of rotatable bonds is 8. The molecule has 1 saturated heterocycles. The number of aliphatic hydroxyl groups excluding tert-OH is 1. The summed E-state index contributed by atoms with van der Waals surface area (Å²) in [7, 11) is 0. The summed E-state index contributed by atoms with van der Waals surface area (Å²) in [6, 6.07) is 11.8. The van der Waals surface area contributed by atoms with Gasteiger partial charge in [0, 0.05) is 25.1 Å². The van der Waals surface area contributed by atoms with E-state index in [9.17, 15) is 14.7 Å². The molecule has 39 heavy (non-hydrogen) atoms. The van der Waals surface area contributed by atoms with Crippen molar-refractivity contribution in [2.75, 3.05) is 13.2 Å². The number of benzene rings is 1. The third kappa shape index (κ3) is 4.60. The lowest BCUT2D eigenvalue weighted by Crippen LogP contribution is -2.29. The van der Waals surface area contributed by atoms with Crippen molar-refractivity contribution in [2.45, 2.75) is 40.3 Å². The van der Waals surface area contributed by atoms with Crippen molar-refractivity contribution in [2.24, 2.45) is 0 Å². The first-order chi connectivity index (χ1) is 18.8. The number of aromatic nitrogens is 3. The first-order valence-corrected chi connectivity index (χ1v) is 12.9. The predicted molar refractivity (Wildman–Crippen MR) is 146 cm³/mol. The fourth-order valence-corrected chi connectivity index (χ4v) is 4.99. The molecule has 5 rings (SSSR count). The molecule has 0 spiro atoms. The van der Waals surface area contributed by atoms with Gasteiger partial charge in [0.05, 0.1) is 30.5 Å². The number of ketones is 1. The van der Waals surface area contributed by atoms with E-state index in [0.717, 1.165) is 11.1 Å². The maximum Gasteiger partial charge on any atom is 0.295 e. The zero-order chi connectivity index (χ0) is 27.7. The minimum atomic E-state index is -0.884. The molecular weight excluding hydrogens is 496 g/mol. The third-order valence-corrected chi connectivity index (χ3v) is 6.81. The molecule has 0 aliphatic carbocycles. The summed E-state index contributed by atoms with van der Waals surface area (Å²) in [5.74, 6) is -0.766. The molecule has 1 aliphatic heterocycles. The Labute approximate surface area is 226 Å². The van der Waals surface area contributed by atoms with Crippen LogP contribution >= 0.6 is 0 Å². The molecule has 1 amide bonds. The number of carbonyl (C=O) groups is 2. The number of imidazole rings is 1. The molecule has 3 aromatic heterocycles. The highest BCUT2D eigenvalue weighted by Crippen LogP contribution is 2.43. The van der Waals surface area contributed by atoms with Crippen LogP contribution in [0, 0.1) is 13.8 Å². The summed E-state index contributed by atoms with van der Waals surface area (Å²) >= 11 is 0. The first-order valence-electron chi connectivity index (χ1n) is 12.9. The predicted octanol–water partition coefficient (Wildman–Crippen LogP) is 4.77. The van der Waals surface area contributed by atoms with Crippen LogP contribution in [0.25, 0.3) is 11.4 Å². The lowest BCUT2D eigenvalue weighted by molar-refractivity contribution is -0.140. The molecule has 4 heterocycles. The summed E-state index contributed by atoms with van der Waals surface area (Å²) < 4.78 is 13.4. The van der Waals surface area contributed by atoms with Gasteiger partial charge in [0.2, 0.25) is 0 Å². The molecule has 0 bridgehead atoms. The van der Waals surface area contributed by atoms with E-state index in [0.29, 0.717) is 41.6 Å². The number of hydrogen-bond donors (Lipinski definition) is 1. The molecule has 0 radical (unpaired) electrons. The summed E-state index contributed by atoms with van der Waals surface area (Å²) in [4.78, 5) is 37.3. The number of aliphatic hydroxyl groups is 1. The van der Waals surface area contributed by atoms with Crippen LogP contribution in [0.5, 0.6) is 11.5 Å². The Kier molecular flexibility index (Phi) is 7.06. The smallest absolute Gasteiger partial charge is 0.295 e. The number of pyridine rings is 2. The van der Waals surface area contributed by atoms with Crippen LogP contribution in [0.1, 0.15) is 48.0 Å². The van der Waals surface area contributed by atoms with Gasteiger partial charge in [-0.25, -0.2) is 4.98 Å². The second-order valence-corrected chi connectivity index (χ2v) is 9.29. The van der Waals surface area contributed by atoms with Gasteiger partial charge in [0.15, 0.2) is 17.3 Å². The van der Waals surface area contributed by atoms with Gasteiger partial charge < -0.3 is 23.9 Å². The van der Waals surface area contributed by atoms with E-state index in [2.05, 4.69) is 9.97 Å². The summed E-state index contributed by atoms with van der Waals surface area (Å²) in [5.41, 5.74) is 3.82. The number of fused-ring (bicyclic) bond motifs is 1. The molecule has 200 valence electrons. The highest BCUT2D eigenvalue weighted by molar-refractivity contribution is 6.46. The van der Waals surface area contributed by atoms with Crippen LogP contribution in [-0.4, -0.2) is 49.3 Å². The number of amides is 1. The molecule has 1 N–H and O–H groups in total. The molecule has 4 aromatic rings. The number of Topliss-reactive ketones (excluding diaryl/α,β-unsaturated/α-hetero) is 1. The normalized spacial score (nSPS) is 16.7. The SMILES string of the molecule is CCOc1ccc(C2/C(=C(\O)c3nc4c(C)cccn4c3C)C(=O)C(=O)N2Cc2cccnc2)cc1OCC. The first kappa shape index (κ1) is 26.0. The summed E-state index contributed by atoms with van der Waals surface area (Å²) in [5, 5.41) is 11.6. The number of hydrogen-bond acceptors (Lipinski definition) is 7. The van der Waals surface area contributed by atoms with E-state index in [-0.39, 0.29) is 23.6 Å². The van der Waals surface area contributed by atoms with Gasteiger partial charge in [-0.3, -0.25) is 14.6 Å². The van der Waals surface area contributed by atoms with Crippen molar-refractivity contribution in [3.63, 3.8) is 0 Å². The van der Waals surface area contributed by atoms with Gasteiger partial charge in [-0.05, 0) is 68.7 Å².